The minimum atomic E-state index is -3.41. The summed E-state index contributed by atoms with van der Waals surface area (Å²) in [5.74, 6) is 0.663. The molecule has 0 amide bonds. The minimum absolute atomic E-state index is 0.0538. The molecule has 0 radical (unpaired) electrons. The van der Waals surface area contributed by atoms with E-state index in [4.69, 9.17) is 15.4 Å². The highest BCUT2D eigenvalue weighted by atomic mass is 35.7. The van der Waals surface area contributed by atoms with E-state index in [1.807, 2.05) is 12.1 Å². The number of aryl methyl sites for hydroxylation is 1. The van der Waals surface area contributed by atoms with Crippen LogP contribution in [0.4, 0.5) is 0 Å². The fourth-order valence-electron chi connectivity index (χ4n) is 1.07. The van der Waals surface area contributed by atoms with Gasteiger partial charge in [0.25, 0.3) is 0 Å². The first-order chi connectivity index (χ1) is 6.51. The molecule has 78 valence electrons. The van der Waals surface area contributed by atoms with Crippen LogP contribution in [-0.2, 0) is 15.5 Å². The highest BCUT2D eigenvalue weighted by molar-refractivity contribution is 8.13. The lowest BCUT2D eigenvalue weighted by atomic mass is 10.2. The van der Waals surface area contributed by atoms with Gasteiger partial charge in [-0.1, -0.05) is 12.1 Å². The summed E-state index contributed by atoms with van der Waals surface area (Å²) in [4.78, 5) is 0. The van der Waals surface area contributed by atoms with Gasteiger partial charge in [-0.15, -0.1) is 0 Å². The van der Waals surface area contributed by atoms with Gasteiger partial charge >= 0.3 is 0 Å². The van der Waals surface area contributed by atoms with E-state index in [-0.39, 0.29) is 5.75 Å². The molecule has 14 heavy (non-hydrogen) atoms. The second-order valence-electron chi connectivity index (χ2n) is 2.84. The zero-order valence-corrected chi connectivity index (χ0v) is 9.31. The third-order valence-corrected chi connectivity index (χ3v) is 2.92. The number of methoxy groups -OCH3 is 1. The van der Waals surface area contributed by atoms with Gasteiger partial charge in [0.15, 0.2) is 0 Å². The quantitative estimate of drug-likeness (QED) is 0.747. The number of benzene rings is 1. The predicted molar refractivity (Wildman–Crippen MR) is 56.3 cm³/mol. The van der Waals surface area contributed by atoms with Crippen molar-refractivity contribution in [1.29, 1.82) is 0 Å². The summed E-state index contributed by atoms with van der Waals surface area (Å²) in [5.41, 5.74) is 0.897. The Morgan fingerprint density at radius 2 is 2.14 bits per heavy atom. The van der Waals surface area contributed by atoms with Crippen molar-refractivity contribution >= 4 is 19.7 Å². The van der Waals surface area contributed by atoms with Gasteiger partial charge < -0.3 is 4.74 Å². The number of ether oxygens (including phenoxy) is 1. The van der Waals surface area contributed by atoms with Crippen LogP contribution >= 0.6 is 10.7 Å². The molecule has 0 heterocycles. The molecule has 0 aromatic heterocycles. The van der Waals surface area contributed by atoms with Crippen LogP contribution in [0.15, 0.2) is 24.3 Å². The first-order valence-electron chi connectivity index (χ1n) is 4.06. The van der Waals surface area contributed by atoms with Crippen molar-refractivity contribution in [3.63, 3.8) is 0 Å². The smallest absolute Gasteiger partial charge is 0.232 e. The van der Waals surface area contributed by atoms with Crippen LogP contribution in [0.5, 0.6) is 5.75 Å². The molecule has 0 atom stereocenters. The van der Waals surface area contributed by atoms with Crippen molar-refractivity contribution in [1.82, 2.24) is 0 Å². The van der Waals surface area contributed by atoms with Crippen LogP contribution in [-0.4, -0.2) is 21.3 Å². The fraction of sp³-hybridized carbons (Fsp3) is 0.333. The molecule has 0 fully saturated rings. The number of halogens is 1. The van der Waals surface area contributed by atoms with Crippen LogP contribution in [0.2, 0.25) is 0 Å². The van der Waals surface area contributed by atoms with Gasteiger partial charge in [-0.25, -0.2) is 8.42 Å². The first-order valence-corrected chi connectivity index (χ1v) is 6.54. The molecule has 0 aliphatic carbocycles. The molecule has 5 heteroatoms. The van der Waals surface area contributed by atoms with Crippen LogP contribution < -0.4 is 4.74 Å². The molecule has 1 rings (SSSR count). The maximum Gasteiger partial charge on any atom is 0.232 e. The normalized spacial score (nSPS) is 11.3. The Kier molecular flexibility index (Phi) is 3.77. The Balaban J connectivity index is 2.68. The van der Waals surface area contributed by atoms with E-state index < -0.39 is 9.05 Å². The zero-order chi connectivity index (χ0) is 10.6. The second-order valence-corrected chi connectivity index (χ2v) is 5.74. The Morgan fingerprint density at radius 3 is 2.71 bits per heavy atom. The Hall–Kier alpha value is -0.740. The molecule has 0 saturated heterocycles. The molecule has 3 nitrogen and oxygen atoms in total. The third kappa shape index (κ3) is 3.98. The van der Waals surface area contributed by atoms with E-state index >= 15 is 0 Å². The average molecular weight is 235 g/mol. The largest absolute Gasteiger partial charge is 0.497 e. The third-order valence-electron chi connectivity index (χ3n) is 1.77. The molecular weight excluding hydrogens is 224 g/mol. The molecule has 0 bridgehead atoms. The van der Waals surface area contributed by atoms with Gasteiger partial charge in [0, 0.05) is 10.7 Å². The summed E-state index contributed by atoms with van der Waals surface area (Å²) < 4.78 is 26.4. The van der Waals surface area contributed by atoms with Crippen molar-refractivity contribution in [2.75, 3.05) is 12.9 Å². The zero-order valence-electron chi connectivity index (χ0n) is 7.73. The lowest BCUT2D eigenvalue weighted by molar-refractivity contribution is 0.414. The van der Waals surface area contributed by atoms with Gasteiger partial charge in [-0.05, 0) is 24.1 Å². The monoisotopic (exact) mass is 234 g/mol. The highest BCUT2D eigenvalue weighted by Gasteiger charge is 2.05. The van der Waals surface area contributed by atoms with E-state index in [9.17, 15) is 8.42 Å². The van der Waals surface area contributed by atoms with Crippen molar-refractivity contribution in [3.05, 3.63) is 29.8 Å². The fourth-order valence-corrected chi connectivity index (χ4v) is 1.78. The van der Waals surface area contributed by atoms with Crippen molar-refractivity contribution in [3.8, 4) is 5.75 Å². The summed E-state index contributed by atoms with van der Waals surface area (Å²) in [7, 11) is 3.25. The molecular formula is C9H11ClO3S. The standard InChI is InChI=1S/C9H11ClO3S/c1-13-9-4-2-3-8(7-9)5-6-14(10,11)12/h2-4,7H,5-6H2,1H3. The summed E-state index contributed by atoms with van der Waals surface area (Å²) in [6.07, 6.45) is 0.406. The summed E-state index contributed by atoms with van der Waals surface area (Å²) >= 11 is 0. The van der Waals surface area contributed by atoms with Crippen LogP contribution in [0.25, 0.3) is 0 Å². The average Bonchev–Trinajstić information content (AvgIpc) is 2.14. The Labute approximate surface area is 88.1 Å². The maximum absolute atomic E-state index is 10.7. The summed E-state index contributed by atoms with van der Waals surface area (Å²) in [5, 5.41) is 0. The van der Waals surface area contributed by atoms with E-state index in [0.717, 1.165) is 11.3 Å². The maximum atomic E-state index is 10.7. The van der Waals surface area contributed by atoms with Crippen molar-refractivity contribution < 1.29 is 13.2 Å². The first kappa shape index (κ1) is 11.3. The lowest BCUT2D eigenvalue weighted by Crippen LogP contribution is -2.01. The van der Waals surface area contributed by atoms with E-state index in [2.05, 4.69) is 0 Å². The Bertz CT molecular complexity index is 400. The molecule has 0 aliphatic heterocycles. The molecule has 0 aliphatic rings. The molecule has 0 unspecified atom stereocenters. The second kappa shape index (κ2) is 4.66. The predicted octanol–water partition coefficient (Wildman–Crippen LogP) is 1.81. The summed E-state index contributed by atoms with van der Waals surface area (Å²) in [6.45, 7) is 0. The minimum Gasteiger partial charge on any atom is -0.497 e. The number of hydrogen-bond acceptors (Lipinski definition) is 3. The Morgan fingerprint density at radius 1 is 1.43 bits per heavy atom. The van der Waals surface area contributed by atoms with Crippen LogP contribution in [0.1, 0.15) is 5.56 Å². The lowest BCUT2D eigenvalue weighted by Gasteiger charge is -2.02. The van der Waals surface area contributed by atoms with Gasteiger partial charge in [0.05, 0.1) is 12.9 Å². The summed E-state index contributed by atoms with van der Waals surface area (Å²) in [6, 6.07) is 7.25. The van der Waals surface area contributed by atoms with Gasteiger partial charge in [0.2, 0.25) is 9.05 Å². The molecule has 1 aromatic carbocycles. The van der Waals surface area contributed by atoms with Gasteiger partial charge in [0.1, 0.15) is 5.75 Å². The molecule has 1 aromatic rings. The molecule has 0 N–H and O–H groups in total. The van der Waals surface area contributed by atoms with Crippen LogP contribution in [0, 0.1) is 0 Å². The number of hydrogen-bond donors (Lipinski definition) is 0. The van der Waals surface area contributed by atoms with E-state index in [1.165, 1.54) is 0 Å². The number of rotatable bonds is 4. The van der Waals surface area contributed by atoms with Gasteiger partial charge in [-0.2, -0.15) is 0 Å². The van der Waals surface area contributed by atoms with E-state index in [1.54, 1.807) is 19.2 Å². The molecule has 0 saturated carbocycles. The van der Waals surface area contributed by atoms with Crippen molar-refractivity contribution in [2.45, 2.75) is 6.42 Å². The van der Waals surface area contributed by atoms with Gasteiger partial charge in [-0.3, -0.25) is 0 Å². The SMILES string of the molecule is COc1cccc(CCS(=O)(=O)Cl)c1. The van der Waals surface area contributed by atoms with E-state index in [0.29, 0.717) is 6.42 Å². The topological polar surface area (TPSA) is 43.4 Å². The molecule has 0 spiro atoms. The highest BCUT2D eigenvalue weighted by Crippen LogP contribution is 2.13. The van der Waals surface area contributed by atoms with Crippen LogP contribution in [0.3, 0.4) is 0 Å². The van der Waals surface area contributed by atoms with Crippen molar-refractivity contribution in [2.24, 2.45) is 0 Å².